The molecule has 1 aliphatic heterocycles. The number of rotatable bonds is 0. The molecule has 7 atom stereocenters. The molecule has 1 N–H and O–H groups in total. The topological polar surface area (TPSA) is 77.0 Å². The van der Waals surface area contributed by atoms with E-state index < -0.39 is 17.3 Å². The lowest BCUT2D eigenvalue weighted by atomic mass is 9.44. The molecule has 4 nitrogen and oxygen atoms in total. The predicted octanol–water partition coefficient (Wildman–Crippen LogP) is 1.36. The molecule has 1 saturated heterocycles. The van der Waals surface area contributed by atoms with Crippen LogP contribution in [0, 0.1) is 46.3 Å². The van der Waals surface area contributed by atoms with E-state index in [1.54, 1.807) is 0 Å². The first-order valence-corrected chi connectivity index (χ1v) is 6.81. The summed E-state index contributed by atoms with van der Waals surface area (Å²) in [7, 11) is 0. The van der Waals surface area contributed by atoms with Crippen molar-refractivity contribution in [2.45, 2.75) is 49.4 Å². The Labute approximate surface area is 106 Å². The molecule has 0 aromatic heterocycles. The average Bonchev–Trinajstić information content (AvgIpc) is 2.25. The maximum Gasteiger partial charge on any atom is 0.163 e. The Morgan fingerprint density at radius 3 is 2.22 bits per heavy atom. The third kappa shape index (κ3) is 1.03. The SMILES string of the molecule is N#C[C@@H]1OC2([C@@H]3CC4C[C@H]2CC(O)(C4)C3)[C@@H]1C#N. The van der Waals surface area contributed by atoms with Crippen LogP contribution in [0.2, 0.25) is 0 Å². The fourth-order valence-corrected chi connectivity index (χ4v) is 5.46. The van der Waals surface area contributed by atoms with Crippen molar-refractivity contribution < 1.29 is 9.84 Å². The average molecular weight is 244 g/mol. The Morgan fingerprint density at radius 1 is 1.06 bits per heavy atom. The van der Waals surface area contributed by atoms with Crippen LogP contribution in [0.1, 0.15) is 32.1 Å². The highest BCUT2D eigenvalue weighted by Crippen LogP contribution is 2.66. The molecule has 18 heavy (non-hydrogen) atoms. The third-order valence-electron chi connectivity index (χ3n) is 5.82. The van der Waals surface area contributed by atoms with Crippen LogP contribution in [0.5, 0.6) is 0 Å². The lowest BCUT2D eigenvalue weighted by molar-refractivity contribution is -0.334. The molecule has 4 bridgehead atoms. The first-order valence-electron chi connectivity index (χ1n) is 6.81. The van der Waals surface area contributed by atoms with Gasteiger partial charge in [-0.2, -0.15) is 10.5 Å². The van der Waals surface area contributed by atoms with Gasteiger partial charge in [-0.3, -0.25) is 0 Å². The Hall–Kier alpha value is -1.10. The molecule has 0 amide bonds. The number of nitrogens with zero attached hydrogens (tertiary/aromatic N) is 2. The second kappa shape index (κ2) is 3.07. The van der Waals surface area contributed by atoms with Crippen molar-refractivity contribution in [2.75, 3.05) is 0 Å². The molecule has 94 valence electrons. The lowest BCUT2D eigenvalue weighted by Crippen LogP contribution is -2.74. The number of hydrogen-bond acceptors (Lipinski definition) is 4. The Bertz CT molecular complexity index is 473. The van der Waals surface area contributed by atoms with Crippen molar-refractivity contribution in [3.8, 4) is 12.1 Å². The van der Waals surface area contributed by atoms with Gasteiger partial charge in [0.2, 0.25) is 0 Å². The van der Waals surface area contributed by atoms with Gasteiger partial charge in [0.15, 0.2) is 6.10 Å². The van der Waals surface area contributed by atoms with Crippen LogP contribution in [0.4, 0.5) is 0 Å². The first-order chi connectivity index (χ1) is 8.61. The summed E-state index contributed by atoms with van der Waals surface area (Å²) >= 11 is 0. The summed E-state index contributed by atoms with van der Waals surface area (Å²) in [4.78, 5) is 0. The maximum absolute atomic E-state index is 10.5. The molecule has 0 aromatic rings. The first kappa shape index (κ1) is 10.8. The quantitative estimate of drug-likeness (QED) is 0.698. The van der Waals surface area contributed by atoms with E-state index in [2.05, 4.69) is 12.1 Å². The van der Waals surface area contributed by atoms with Gasteiger partial charge in [-0.15, -0.1) is 0 Å². The molecule has 1 heterocycles. The molecule has 4 aliphatic carbocycles. The van der Waals surface area contributed by atoms with Gasteiger partial charge >= 0.3 is 0 Å². The summed E-state index contributed by atoms with van der Waals surface area (Å²) in [6.07, 6.45) is 4.02. The molecule has 3 unspecified atom stereocenters. The predicted molar refractivity (Wildman–Crippen MR) is 60.8 cm³/mol. The minimum atomic E-state index is -0.554. The molecule has 5 aliphatic rings. The van der Waals surface area contributed by atoms with Gasteiger partial charge in [-0.25, -0.2) is 0 Å². The van der Waals surface area contributed by atoms with Crippen molar-refractivity contribution in [3.63, 3.8) is 0 Å². The monoisotopic (exact) mass is 244 g/mol. The highest BCUT2D eigenvalue weighted by Gasteiger charge is 2.71. The Balaban J connectivity index is 1.73. The van der Waals surface area contributed by atoms with E-state index in [1.165, 1.54) is 0 Å². The van der Waals surface area contributed by atoms with Gasteiger partial charge in [0.25, 0.3) is 0 Å². The molecule has 4 saturated carbocycles. The zero-order valence-electron chi connectivity index (χ0n) is 10.2. The zero-order chi connectivity index (χ0) is 12.5. The zero-order valence-corrected chi connectivity index (χ0v) is 10.2. The lowest BCUT2D eigenvalue weighted by Gasteiger charge is -2.68. The molecule has 5 rings (SSSR count). The second-order valence-electron chi connectivity index (χ2n) is 6.70. The van der Waals surface area contributed by atoms with E-state index in [4.69, 9.17) is 10.00 Å². The number of aliphatic hydroxyl groups is 1. The normalized spacial score (nSPS) is 60.1. The summed E-state index contributed by atoms with van der Waals surface area (Å²) in [5.74, 6) is 0.870. The minimum Gasteiger partial charge on any atom is -0.390 e. The van der Waals surface area contributed by atoms with E-state index in [1.807, 2.05) is 0 Å². The van der Waals surface area contributed by atoms with Crippen molar-refractivity contribution in [2.24, 2.45) is 23.7 Å². The van der Waals surface area contributed by atoms with Crippen LogP contribution in [-0.4, -0.2) is 22.4 Å². The fraction of sp³-hybridized carbons (Fsp3) is 0.857. The van der Waals surface area contributed by atoms with Crippen LogP contribution < -0.4 is 0 Å². The molecule has 0 radical (unpaired) electrons. The van der Waals surface area contributed by atoms with Gasteiger partial charge in [-0.05, 0) is 49.9 Å². The Morgan fingerprint density at radius 2 is 1.72 bits per heavy atom. The van der Waals surface area contributed by atoms with Crippen LogP contribution in [0.3, 0.4) is 0 Å². The molecule has 5 fully saturated rings. The maximum atomic E-state index is 10.5. The van der Waals surface area contributed by atoms with Gasteiger partial charge in [0, 0.05) is 0 Å². The summed E-state index contributed by atoms with van der Waals surface area (Å²) in [6, 6.07) is 4.39. The standard InChI is InChI=1S/C14H16N2O2/c15-6-11-12(7-16)18-14(11)9-1-8-2-10(14)5-13(17,3-8)4-9/h8-12,17H,1-5H2/t8?,9-,10+,11-,12+,13?,14?/m1/s1. The third-order valence-corrected chi connectivity index (χ3v) is 5.82. The second-order valence-corrected chi connectivity index (χ2v) is 6.70. The summed E-state index contributed by atoms with van der Waals surface area (Å²) < 4.78 is 5.91. The van der Waals surface area contributed by atoms with Crippen molar-refractivity contribution >= 4 is 0 Å². The van der Waals surface area contributed by atoms with Crippen molar-refractivity contribution in [1.82, 2.24) is 0 Å². The van der Waals surface area contributed by atoms with Gasteiger partial charge in [-0.1, -0.05) is 0 Å². The minimum absolute atomic E-state index is 0.281. The van der Waals surface area contributed by atoms with Crippen molar-refractivity contribution in [3.05, 3.63) is 0 Å². The summed E-state index contributed by atoms with van der Waals surface area (Å²) in [5.41, 5.74) is -0.916. The van der Waals surface area contributed by atoms with E-state index in [9.17, 15) is 10.4 Å². The van der Waals surface area contributed by atoms with Crippen molar-refractivity contribution in [1.29, 1.82) is 10.5 Å². The number of nitriles is 2. The van der Waals surface area contributed by atoms with Crippen LogP contribution in [0.15, 0.2) is 0 Å². The molecule has 1 spiro atoms. The van der Waals surface area contributed by atoms with Crippen LogP contribution in [0.25, 0.3) is 0 Å². The largest absolute Gasteiger partial charge is 0.390 e. The number of ether oxygens (including phenoxy) is 1. The molecule has 4 heteroatoms. The molecular formula is C14H16N2O2. The van der Waals surface area contributed by atoms with E-state index in [0.717, 1.165) is 32.1 Å². The summed E-state index contributed by atoms with van der Waals surface area (Å²) in [6.45, 7) is 0. The molecular weight excluding hydrogens is 228 g/mol. The van der Waals surface area contributed by atoms with E-state index >= 15 is 0 Å². The van der Waals surface area contributed by atoms with E-state index in [-0.39, 0.29) is 17.8 Å². The molecule has 0 aromatic carbocycles. The van der Waals surface area contributed by atoms with Crippen LogP contribution >= 0.6 is 0 Å². The summed E-state index contributed by atoms with van der Waals surface area (Å²) in [5, 5.41) is 28.9. The highest BCUT2D eigenvalue weighted by molar-refractivity contribution is 5.26. The van der Waals surface area contributed by atoms with E-state index in [0.29, 0.717) is 5.92 Å². The van der Waals surface area contributed by atoms with Gasteiger partial charge in [0.1, 0.15) is 5.92 Å². The number of hydrogen-bond donors (Lipinski definition) is 1. The van der Waals surface area contributed by atoms with Gasteiger partial charge in [0.05, 0.1) is 23.3 Å². The Kier molecular flexibility index (Phi) is 1.84. The van der Waals surface area contributed by atoms with Crippen LogP contribution in [-0.2, 0) is 4.74 Å². The fourth-order valence-electron chi connectivity index (χ4n) is 5.46. The smallest absolute Gasteiger partial charge is 0.163 e. The highest BCUT2D eigenvalue weighted by atomic mass is 16.5. The van der Waals surface area contributed by atoms with Gasteiger partial charge < -0.3 is 9.84 Å².